The van der Waals surface area contributed by atoms with Gasteiger partial charge in [-0.3, -0.25) is 14.6 Å². The summed E-state index contributed by atoms with van der Waals surface area (Å²) in [5.74, 6) is 0. The topological polar surface area (TPSA) is 74.7 Å². The maximum Gasteiger partial charge on any atom is 0.420 e. The summed E-state index contributed by atoms with van der Waals surface area (Å²) in [5, 5.41) is 12.9. The van der Waals surface area contributed by atoms with Gasteiger partial charge in [-0.2, -0.15) is 23.4 Å². The predicted molar refractivity (Wildman–Crippen MR) is 80.1 cm³/mol. The first kappa shape index (κ1) is 14.5. The number of hydrogen-bond donors (Lipinski definition) is 2. The molecule has 2 N–H and O–H groups in total. The Morgan fingerprint density at radius 2 is 1.67 bits per heavy atom. The third-order valence-corrected chi connectivity index (χ3v) is 3.80. The minimum atomic E-state index is -4.52. The third kappa shape index (κ3) is 2.16. The van der Waals surface area contributed by atoms with Crippen molar-refractivity contribution in [3.63, 3.8) is 0 Å². The number of aromatic amines is 2. The van der Waals surface area contributed by atoms with E-state index in [1.165, 1.54) is 10.6 Å². The molecule has 0 amide bonds. The van der Waals surface area contributed by atoms with E-state index >= 15 is 0 Å². The van der Waals surface area contributed by atoms with Crippen molar-refractivity contribution in [2.45, 2.75) is 13.1 Å². The van der Waals surface area contributed by atoms with Crippen LogP contribution in [0.3, 0.4) is 0 Å². The number of fused-ring (bicyclic) bond motifs is 1. The van der Waals surface area contributed by atoms with Crippen molar-refractivity contribution in [1.29, 1.82) is 0 Å². The standard InChI is InChI=1S/C15H11F3N6/c1-8-13(11-5-21-22-6-11)24-7-9(10-3-19-20-4-10)2-12(14(24)23-8)15(16,17)18/h2-7H,1H3,(H,19,20)(H,21,22). The highest BCUT2D eigenvalue weighted by Crippen LogP contribution is 2.37. The van der Waals surface area contributed by atoms with Crippen LogP contribution in [0, 0.1) is 6.92 Å². The molecule has 0 unspecified atom stereocenters. The molecule has 0 aliphatic carbocycles. The van der Waals surface area contributed by atoms with E-state index in [2.05, 4.69) is 25.4 Å². The summed E-state index contributed by atoms with van der Waals surface area (Å²) in [6.07, 6.45) is 3.29. The maximum absolute atomic E-state index is 13.5. The van der Waals surface area contributed by atoms with Gasteiger partial charge in [-0.05, 0) is 13.0 Å². The summed E-state index contributed by atoms with van der Waals surface area (Å²) < 4.78 is 42.0. The molecule has 0 spiro atoms. The second-order valence-electron chi connectivity index (χ2n) is 5.35. The molecule has 4 rings (SSSR count). The van der Waals surface area contributed by atoms with Crippen LogP contribution in [0.15, 0.2) is 37.1 Å². The van der Waals surface area contributed by atoms with E-state index in [0.29, 0.717) is 28.1 Å². The number of rotatable bonds is 2. The highest BCUT2D eigenvalue weighted by molar-refractivity contribution is 5.72. The molecule has 4 heterocycles. The lowest BCUT2D eigenvalue weighted by atomic mass is 10.1. The van der Waals surface area contributed by atoms with Gasteiger partial charge in [0.15, 0.2) is 0 Å². The lowest BCUT2D eigenvalue weighted by Crippen LogP contribution is -2.08. The van der Waals surface area contributed by atoms with E-state index in [0.717, 1.165) is 6.07 Å². The van der Waals surface area contributed by atoms with Crippen molar-refractivity contribution in [2.75, 3.05) is 0 Å². The molecule has 0 aliphatic rings. The van der Waals surface area contributed by atoms with Gasteiger partial charge < -0.3 is 0 Å². The SMILES string of the molecule is Cc1nc2c(C(F)(F)F)cc(-c3cn[nH]c3)cn2c1-c1cn[nH]c1. The Kier molecular flexibility index (Phi) is 2.99. The number of aryl methyl sites for hydroxylation is 1. The number of pyridine rings is 1. The Morgan fingerprint density at radius 3 is 2.25 bits per heavy atom. The van der Waals surface area contributed by atoms with Crippen LogP contribution >= 0.6 is 0 Å². The zero-order valence-corrected chi connectivity index (χ0v) is 12.4. The molecule has 24 heavy (non-hydrogen) atoms. The van der Waals surface area contributed by atoms with Crippen LogP contribution in [0.5, 0.6) is 0 Å². The van der Waals surface area contributed by atoms with E-state index in [9.17, 15) is 13.2 Å². The average Bonchev–Trinajstić information content (AvgIpc) is 3.25. The molecule has 4 aromatic heterocycles. The molecule has 122 valence electrons. The van der Waals surface area contributed by atoms with Crippen LogP contribution in [0.1, 0.15) is 11.3 Å². The number of imidazole rings is 1. The molecule has 0 radical (unpaired) electrons. The van der Waals surface area contributed by atoms with Crippen molar-refractivity contribution in [2.24, 2.45) is 0 Å². The van der Waals surface area contributed by atoms with Crippen LogP contribution in [-0.4, -0.2) is 29.8 Å². The van der Waals surface area contributed by atoms with E-state index in [4.69, 9.17) is 0 Å². The van der Waals surface area contributed by atoms with E-state index in [-0.39, 0.29) is 5.65 Å². The van der Waals surface area contributed by atoms with Crippen LogP contribution < -0.4 is 0 Å². The van der Waals surface area contributed by atoms with Crippen molar-refractivity contribution in [3.05, 3.63) is 48.3 Å². The molecule has 0 saturated carbocycles. The molecule has 0 aromatic carbocycles. The van der Waals surface area contributed by atoms with Crippen LogP contribution in [0.25, 0.3) is 28.0 Å². The normalized spacial score (nSPS) is 12.2. The lowest BCUT2D eigenvalue weighted by molar-refractivity contribution is -0.136. The van der Waals surface area contributed by atoms with Crippen molar-refractivity contribution >= 4 is 5.65 Å². The Hall–Kier alpha value is -3.10. The summed E-state index contributed by atoms with van der Waals surface area (Å²) >= 11 is 0. The number of aromatic nitrogens is 6. The molecular weight excluding hydrogens is 321 g/mol. The highest BCUT2D eigenvalue weighted by Gasteiger charge is 2.35. The van der Waals surface area contributed by atoms with Gasteiger partial charge in [0.2, 0.25) is 0 Å². The van der Waals surface area contributed by atoms with Gasteiger partial charge in [0.25, 0.3) is 0 Å². The lowest BCUT2D eigenvalue weighted by Gasteiger charge is -2.11. The van der Waals surface area contributed by atoms with Gasteiger partial charge in [0.1, 0.15) is 5.65 Å². The fraction of sp³-hybridized carbons (Fsp3) is 0.133. The number of halogens is 3. The summed E-state index contributed by atoms with van der Waals surface area (Å²) in [4.78, 5) is 4.14. The minimum Gasteiger partial charge on any atom is -0.298 e. The summed E-state index contributed by atoms with van der Waals surface area (Å²) in [6, 6.07) is 1.09. The Balaban J connectivity index is 2.09. The second-order valence-corrected chi connectivity index (χ2v) is 5.35. The fourth-order valence-corrected chi connectivity index (χ4v) is 2.76. The Morgan fingerprint density at radius 1 is 1.00 bits per heavy atom. The number of alkyl halides is 3. The number of hydrogen-bond acceptors (Lipinski definition) is 3. The molecule has 0 bridgehead atoms. The summed E-state index contributed by atoms with van der Waals surface area (Å²) in [6.45, 7) is 1.67. The van der Waals surface area contributed by atoms with Gasteiger partial charge in [-0.25, -0.2) is 4.98 Å². The maximum atomic E-state index is 13.5. The monoisotopic (exact) mass is 332 g/mol. The van der Waals surface area contributed by atoms with Gasteiger partial charge in [-0.1, -0.05) is 0 Å². The molecule has 0 atom stereocenters. The Labute approximate surface area is 133 Å². The van der Waals surface area contributed by atoms with E-state index < -0.39 is 11.7 Å². The molecule has 0 aliphatic heterocycles. The second kappa shape index (κ2) is 4.95. The summed E-state index contributed by atoms with van der Waals surface area (Å²) in [5.41, 5.74) is 1.75. The molecule has 9 heteroatoms. The van der Waals surface area contributed by atoms with Gasteiger partial charge in [0.05, 0.1) is 29.3 Å². The fourth-order valence-electron chi connectivity index (χ4n) is 2.76. The zero-order valence-electron chi connectivity index (χ0n) is 12.4. The van der Waals surface area contributed by atoms with Crippen LogP contribution in [-0.2, 0) is 6.18 Å². The third-order valence-electron chi connectivity index (χ3n) is 3.80. The molecule has 6 nitrogen and oxygen atoms in total. The number of H-pyrrole nitrogens is 2. The molecule has 0 fully saturated rings. The van der Waals surface area contributed by atoms with Gasteiger partial charge >= 0.3 is 6.18 Å². The van der Waals surface area contributed by atoms with Crippen molar-refractivity contribution < 1.29 is 13.2 Å². The minimum absolute atomic E-state index is 0.136. The first-order chi connectivity index (χ1) is 11.4. The molecular formula is C15H11F3N6. The number of nitrogens with zero attached hydrogens (tertiary/aromatic N) is 4. The first-order valence-corrected chi connectivity index (χ1v) is 7.03. The number of nitrogens with one attached hydrogen (secondary N) is 2. The van der Waals surface area contributed by atoms with E-state index in [1.807, 2.05) is 0 Å². The Bertz CT molecular complexity index is 996. The van der Waals surface area contributed by atoms with E-state index in [1.54, 1.807) is 31.7 Å². The summed E-state index contributed by atoms with van der Waals surface area (Å²) in [7, 11) is 0. The largest absolute Gasteiger partial charge is 0.420 e. The van der Waals surface area contributed by atoms with Crippen molar-refractivity contribution in [1.82, 2.24) is 29.8 Å². The quantitative estimate of drug-likeness (QED) is 0.590. The van der Waals surface area contributed by atoms with Crippen LogP contribution in [0.4, 0.5) is 13.2 Å². The van der Waals surface area contributed by atoms with Gasteiger partial charge in [-0.15, -0.1) is 0 Å². The average molecular weight is 332 g/mol. The van der Waals surface area contributed by atoms with Crippen molar-refractivity contribution in [3.8, 4) is 22.4 Å². The predicted octanol–water partition coefficient (Wildman–Crippen LogP) is 3.44. The zero-order chi connectivity index (χ0) is 16.9. The smallest absolute Gasteiger partial charge is 0.298 e. The van der Waals surface area contributed by atoms with Crippen LogP contribution in [0.2, 0.25) is 0 Å². The first-order valence-electron chi connectivity index (χ1n) is 7.03. The van der Waals surface area contributed by atoms with Gasteiger partial charge in [0, 0.05) is 35.3 Å². The molecule has 0 saturated heterocycles. The highest BCUT2D eigenvalue weighted by atomic mass is 19.4. The molecule has 4 aromatic rings.